The summed E-state index contributed by atoms with van der Waals surface area (Å²) in [6.45, 7) is 5.45. The zero-order valence-electron chi connectivity index (χ0n) is 9.00. The number of carboxylic acid groups (broad SMARTS) is 1. The Morgan fingerprint density at radius 3 is 2.93 bits per heavy atom. The van der Waals surface area contributed by atoms with Crippen LogP contribution in [0.4, 0.5) is 0 Å². The number of aliphatic carboxylic acids is 1. The van der Waals surface area contributed by atoms with E-state index in [9.17, 15) is 4.79 Å². The standard InChI is InChI=1S/C11H19NO3/c1-9(11(13)14)8-12-6-5-10-4-2-3-7-15-10/h10,12H,1-8H2,(H,13,14). The van der Waals surface area contributed by atoms with Gasteiger partial charge in [-0.15, -0.1) is 0 Å². The Labute approximate surface area is 90.3 Å². The van der Waals surface area contributed by atoms with Gasteiger partial charge >= 0.3 is 5.97 Å². The average Bonchev–Trinajstić information content (AvgIpc) is 2.25. The van der Waals surface area contributed by atoms with Gasteiger partial charge in [0.1, 0.15) is 0 Å². The van der Waals surface area contributed by atoms with E-state index in [1.165, 1.54) is 12.8 Å². The summed E-state index contributed by atoms with van der Waals surface area (Å²) in [7, 11) is 0. The Balaban J connectivity index is 2.01. The van der Waals surface area contributed by atoms with Crippen molar-refractivity contribution in [2.24, 2.45) is 0 Å². The summed E-state index contributed by atoms with van der Waals surface area (Å²) < 4.78 is 5.55. The minimum atomic E-state index is -0.934. The maximum atomic E-state index is 10.4. The minimum Gasteiger partial charge on any atom is -0.478 e. The summed E-state index contributed by atoms with van der Waals surface area (Å²) in [5.41, 5.74) is 0.208. The van der Waals surface area contributed by atoms with Gasteiger partial charge in [-0.05, 0) is 32.2 Å². The normalized spacial score (nSPS) is 21.2. The summed E-state index contributed by atoms with van der Waals surface area (Å²) in [4.78, 5) is 10.4. The molecule has 4 nitrogen and oxygen atoms in total. The molecule has 15 heavy (non-hydrogen) atoms. The molecule has 1 aliphatic rings. The van der Waals surface area contributed by atoms with Crippen LogP contribution in [-0.4, -0.2) is 36.9 Å². The summed E-state index contributed by atoms with van der Waals surface area (Å²) in [5, 5.41) is 11.6. The monoisotopic (exact) mass is 213 g/mol. The topological polar surface area (TPSA) is 58.6 Å². The van der Waals surface area contributed by atoms with Gasteiger partial charge in [0.05, 0.1) is 6.10 Å². The molecule has 0 bridgehead atoms. The fraction of sp³-hybridized carbons (Fsp3) is 0.727. The van der Waals surface area contributed by atoms with Gasteiger partial charge in [-0.3, -0.25) is 0 Å². The molecule has 0 aromatic carbocycles. The van der Waals surface area contributed by atoms with Crippen LogP contribution in [0.1, 0.15) is 25.7 Å². The van der Waals surface area contributed by atoms with Crippen molar-refractivity contribution in [2.45, 2.75) is 31.8 Å². The van der Waals surface area contributed by atoms with E-state index in [1.807, 2.05) is 0 Å². The van der Waals surface area contributed by atoms with Gasteiger partial charge in [-0.1, -0.05) is 6.58 Å². The largest absolute Gasteiger partial charge is 0.478 e. The van der Waals surface area contributed by atoms with Crippen molar-refractivity contribution >= 4 is 5.97 Å². The lowest BCUT2D eigenvalue weighted by Crippen LogP contribution is -2.27. The molecule has 1 saturated heterocycles. The molecule has 0 amide bonds. The molecule has 1 rings (SSSR count). The second-order valence-corrected chi connectivity index (χ2v) is 3.86. The lowest BCUT2D eigenvalue weighted by atomic mass is 10.1. The van der Waals surface area contributed by atoms with Crippen molar-refractivity contribution in [3.63, 3.8) is 0 Å². The van der Waals surface area contributed by atoms with E-state index in [0.717, 1.165) is 26.0 Å². The van der Waals surface area contributed by atoms with Gasteiger partial charge in [-0.2, -0.15) is 0 Å². The number of hydrogen-bond acceptors (Lipinski definition) is 3. The molecule has 0 aromatic rings. The quantitative estimate of drug-likeness (QED) is 0.514. The minimum absolute atomic E-state index is 0.208. The molecule has 0 spiro atoms. The second kappa shape index (κ2) is 6.58. The van der Waals surface area contributed by atoms with Crippen molar-refractivity contribution < 1.29 is 14.6 Å². The second-order valence-electron chi connectivity index (χ2n) is 3.86. The predicted molar refractivity (Wildman–Crippen MR) is 57.9 cm³/mol. The van der Waals surface area contributed by atoms with Crippen molar-refractivity contribution in [2.75, 3.05) is 19.7 Å². The predicted octanol–water partition coefficient (Wildman–Crippen LogP) is 1.18. The first kappa shape index (κ1) is 12.2. The van der Waals surface area contributed by atoms with Crippen LogP contribution in [0.25, 0.3) is 0 Å². The highest BCUT2D eigenvalue weighted by molar-refractivity contribution is 5.86. The van der Waals surface area contributed by atoms with Crippen molar-refractivity contribution in [3.05, 3.63) is 12.2 Å². The molecule has 0 aromatic heterocycles. The van der Waals surface area contributed by atoms with Crippen molar-refractivity contribution in [1.29, 1.82) is 0 Å². The van der Waals surface area contributed by atoms with Crippen LogP contribution in [0.3, 0.4) is 0 Å². The van der Waals surface area contributed by atoms with Crippen molar-refractivity contribution in [3.8, 4) is 0 Å². The van der Waals surface area contributed by atoms with E-state index in [-0.39, 0.29) is 5.57 Å². The first-order chi connectivity index (χ1) is 7.20. The van der Waals surface area contributed by atoms with E-state index in [2.05, 4.69) is 11.9 Å². The maximum Gasteiger partial charge on any atom is 0.332 e. The number of carbonyl (C=O) groups is 1. The summed E-state index contributed by atoms with van der Waals surface area (Å²) >= 11 is 0. The summed E-state index contributed by atoms with van der Waals surface area (Å²) in [5.74, 6) is -0.934. The fourth-order valence-electron chi connectivity index (χ4n) is 1.61. The Bertz CT molecular complexity index is 222. The molecule has 1 aliphatic heterocycles. The van der Waals surface area contributed by atoms with Gasteiger partial charge in [0.25, 0.3) is 0 Å². The van der Waals surface area contributed by atoms with E-state index in [1.54, 1.807) is 0 Å². The third kappa shape index (κ3) is 4.95. The number of ether oxygens (including phenoxy) is 1. The van der Waals surface area contributed by atoms with Crippen LogP contribution in [0.15, 0.2) is 12.2 Å². The Kier molecular flexibility index (Phi) is 5.36. The number of nitrogens with one attached hydrogen (secondary N) is 1. The third-order valence-corrected chi connectivity index (χ3v) is 2.56. The van der Waals surface area contributed by atoms with Gasteiger partial charge in [0, 0.05) is 18.7 Å². The number of rotatable bonds is 6. The van der Waals surface area contributed by atoms with Crippen LogP contribution in [-0.2, 0) is 9.53 Å². The van der Waals surface area contributed by atoms with Crippen molar-refractivity contribution in [1.82, 2.24) is 5.32 Å². The average molecular weight is 213 g/mol. The first-order valence-electron chi connectivity index (χ1n) is 5.43. The van der Waals surface area contributed by atoms with Gasteiger partial charge in [-0.25, -0.2) is 4.79 Å². The van der Waals surface area contributed by atoms with Crippen LogP contribution in [0.5, 0.6) is 0 Å². The molecule has 0 saturated carbocycles. The Morgan fingerprint density at radius 2 is 2.33 bits per heavy atom. The van der Waals surface area contributed by atoms with E-state index in [0.29, 0.717) is 12.6 Å². The van der Waals surface area contributed by atoms with E-state index < -0.39 is 5.97 Å². The molecule has 1 heterocycles. The molecule has 86 valence electrons. The molecule has 0 radical (unpaired) electrons. The lowest BCUT2D eigenvalue weighted by molar-refractivity contribution is -0.132. The summed E-state index contributed by atoms with van der Waals surface area (Å²) in [6.07, 6.45) is 4.84. The highest BCUT2D eigenvalue weighted by atomic mass is 16.5. The molecular formula is C11H19NO3. The molecule has 1 fully saturated rings. The molecule has 4 heteroatoms. The lowest BCUT2D eigenvalue weighted by Gasteiger charge is -2.22. The Morgan fingerprint density at radius 1 is 1.53 bits per heavy atom. The molecule has 1 atom stereocenters. The van der Waals surface area contributed by atoms with Crippen LogP contribution in [0, 0.1) is 0 Å². The molecule has 1 unspecified atom stereocenters. The summed E-state index contributed by atoms with van der Waals surface area (Å²) in [6, 6.07) is 0. The van der Waals surface area contributed by atoms with Crippen LogP contribution < -0.4 is 5.32 Å². The Hall–Kier alpha value is -0.870. The first-order valence-corrected chi connectivity index (χ1v) is 5.43. The zero-order valence-corrected chi connectivity index (χ0v) is 9.00. The molecule has 0 aliphatic carbocycles. The molecule has 2 N–H and O–H groups in total. The fourth-order valence-corrected chi connectivity index (χ4v) is 1.61. The zero-order chi connectivity index (χ0) is 11.1. The smallest absolute Gasteiger partial charge is 0.332 e. The molecular weight excluding hydrogens is 194 g/mol. The van der Waals surface area contributed by atoms with Gasteiger partial charge < -0.3 is 15.2 Å². The van der Waals surface area contributed by atoms with Crippen LogP contribution in [0.2, 0.25) is 0 Å². The number of carboxylic acids is 1. The highest BCUT2D eigenvalue weighted by Gasteiger charge is 2.13. The van der Waals surface area contributed by atoms with E-state index in [4.69, 9.17) is 9.84 Å². The number of hydrogen-bond donors (Lipinski definition) is 2. The third-order valence-electron chi connectivity index (χ3n) is 2.56. The van der Waals surface area contributed by atoms with Gasteiger partial charge in [0.15, 0.2) is 0 Å². The van der Waals surface area contributed by atoms with Gasteiger partial charge in [0.2, 0.25) is 0 Å². The van der Waals surface area contributed by atoms with E-state index >= 15 is 0 Å². The van der Waals surface area contributed by atoms with Crippen LogP contribution >= 0.6 is 0 Å². The maximum absolute atomic E-state index is 10.4. The highest BCUT2D eigenvalue weighted by Crippen LogP contribution is 2.14. The SMILES string of the molecule is C=C(CNCCC1CCCCO1)C(=O)O.